The second-order valence-corrected chi connectivity index (χ2v) is 6.69. The minimum absolute atomic E-state index is 0. The monoisotopic (exact) mass is 451 g/mol. The summed E-state index contributed by atoms with van der Waals surface area (Å²) in [4.78, 5) is 4.18. The van der Waals surface area contributed by atoms with Gasteiger partial charge in [-0.25, -0.2) is 0 Å². The number of guanidine groups is 1. The Hall–Kier alpha value is -0.870. The summed E-state index contributed by atoms with van der Waals surface area (Å²) in [6.45, 7) is 3.13. The Morgan fingerprint density at radius 3 is 2.83 bits per heavy atom. The molecule has 1 fully saturated rings. The van der Waals surface area contributed by atoms with Crippen molar-refractivity contribution in [1.82, 2.24) is 20.4 Å². The van der Waals surface area contributed by atoms with Crippen LogP contribution in [0, 0.1) is 5.41 Å². The zero-order valence-electron chi connectivity index (χ0n) is 14.7. The van der Waals surface area contributed by atoms with Crippen LogP contribution in [0.3, 0.4) is 0 Å². The van der Waals surface area contributed by atoms with Crippen molar-refractivity contribution in [2.45, 2.75) is 44.8 Å². The molecule has 7 nitrogen and oxygen atoms in total. The number of aliphatic imine (C=N–C) groups is 1. The van der Waals surface area contributed by atoms with Gasteiger partial charge in [0.1, 0.15) is 0 Å². The number of nitrogens with one attached hydrogen (secondary N) is 2. The number of hydrogen-bond donors (Lipinski definition) is 4. The van der Waals surface area contributed by atoms with Gasteiger partial charge in [-0.15, -0.1) is 24.0 Å². The van der Waals surface area contributed by atoms with E-state index in [4.69, 9.17) is 0 Å². The Balaban J connectivity index is 0.00000288. The molecule has 1 saturated carbocycles. The second kappa shape index (κ2) is 9.57. The molecule has 2 rings (SSSR count). The smallest absolute Gasteiger partial charge is 0.191 e. The Morgan fingerprint density at radius 1 is 1.50 bits per heavy atom. The van der Waals surface area contributed by atoms with Crippen LogP contribution in [0.1, 0.15) is 44.3 Å². The highest BCUT2D eigenvalue weighted by Crippen LogP contribution is 2.35. The average Bonchev–Trinajstić information content (AvgIpc) is 2.97. The third kappa shape index (κ3) is 5.59. The minimum Gasteiger partial charge on any atom is -0.392 e. The Kier molecular flexibility index (Phi) is 8.44. The average molecular weight is 451 g/mol. The van der Waals surface area contributed by atoms with Crippen molar-refractivity contribution in [2.24, 2.45) is 17.5 Å². The van der Waals surface area contributed by atoms with E-state index in [1.165, 1.54) is 0 Å². The molecule has 0 bridgehead atoms. The molecule has 0 amide bonds. The van der Waals surface area contributed by atoms with Crippen LogP contribution in [0.25, 0.3) is 0 Å². The van der Waals surface area contributed by atoms with Crippen molar-refractivity contribution >= 4 is 29.9 Å². The fourth-order valence-electron chi connectivity index (χ4n) is 3.02. The van der Waals surface area contributed by atoms with E-state index in [0.717, 1.165) is 31.2 Å². The van der Waals surface area contributed by atoms with Crippen LogP contribution in [-0.2, 0) is 7.05 Å². The Bertz CT molecular complexity index is 536. The summed E-state index contributed by atoms with van der Waals surface area (Å²) in [5.41, 5.74) is 0.641. The third-order valence-corrected chi connectivity index (χ3v) is 4.74. The summed E-state index contributed by atoms with van der Waals surface area (Å²) < 4.78 is 1.66. The second-order valence-electron chi connectivity index (χ2n) is 6.69. The molecule has 0 aliphatic heterocycles. The molecule has 0 spiro atoms. The highest BCUT2D eigenvalue weighted by Gasteiger charge is 2.35. The van der Waals surface area contributed by atoms with Crippen LogP contribution in [-0.4, -0.2) is 52.2 Å². The first-order valence-corrected chi connectivity index (χ1v) is 8.24. The number of hydrogen-bond acceptors (Lipinski definition) is 4. The topological polar surface area (TPSA) is 94.7 Å². The van der Waals surface area contributed by atoms with Crippen LogP contribution in [0.2, 0.25) is 0 Å². The molecule has 3 unspecified atom stereocenters. The first-order chi connectivity index (χ1) is 10.9. The highest BCUT2D eigenvalue weighted by molar-refractivity contribution is 14.0. The van der Waals surface area contributed by atoms with E-state index in [9.17, 15) is 10.2 Å². The number of aromatic nitrogens is 2. The molecule has 0 radical (unpaired) electrons. The molecule has 1 aliphatic carbocycles. The van der Waals surface area contributed by atoms with Gasteiger partial charge in [-0.05, 0) is 12.8 Å². The molecule has 1 heterocycles. The molecule has 1 aliphatic rings. The van der Waals surface area contributed by atoms with Crippen molar-refractivity contribution in [2.75, 3.05) is 20.1 Å². The summed E-state index contributed by atoms with van der Waals surface area (Å²) >= 11 is 0. The van der Waals surface area contributed by atoms with Crippen molar-refractivity contribution in [3.8, 4) is 0 Å². The third-order valence-electron chi connectivity index (χ3n) is 4.74. The highest BCUT2D eigenvalue weighted by atomic mass is 127. The van der Waals surface area contributed by atoms with E-state index in [2.05, 4.69) is 27.6 Å². The Labute approximate surface area is 161 Å². The SMILES string of the molecule is CN=C(NCC(O)c1cnn(C)c1)NCC1(C)CCCCC1O.I. The quantitative estimate of drug-likeness (QED) is 0.307. The molecular formula is C16H30IN5O2. The fraction of sp³-hybridized carbons (Fsp3) is 0.750. The van der Waals surface area contributed by atoms with Crippen LogP contribution in [0.4, 0.5) is 0 Å². The molecule has 1 aromatic rings. The molecule has 8 heteroatoms. The number of aryl methyl sites for hydroxylation is 1. The van der Waals surface area contributed by atoms with Gasteiger partial charge in [0.2, 0.25) is 0 Å². The molecular weight excluding hydrogens is 421 g/mol. The molecule has 1 aromatic heterocycles. The number of rotatable bonds is 5. The summed E-state index contributed by atoms with van der Waals surface area (Å²) in [6.07, 6.45) is 6.66. The van der Waals surface area contributed by atoms with E-state index in [0.29, 0.717) is 19.0 Å². The van der Waals surface area contributed by atoms with Gasteiger partial charge < -0.3 is 20.8 Å². The number of aliphatic hydroxyl groups is 2. The van der Waals surface area contributed by atoms with Crippen LogP contribution in [0.5, 0.6) is 0 Å². The van der Waals surface area contributed by atoms with Gasteiger partial charge in [0, 0.05) is 44.4 Å². The van der Waals surface area contributed by atoms with E-state index < -0.39 is 6.10 Å². The zero-order valence-corrected chi connectivity index (χ0v) is 17.0. The lowest BCUT2D eigenvalue weighted by Crippen LogP contribution is -2.48. The Morgan fingerprint density at radius 2 is 2.25 bits per heavy atom. The van der Waals surface area contributed by atoms with Crippen molar-refractivity contribution in [3.05, 3.63) is 18.0 Å². The maximum atomic E-state index is 10.2. The largest absolute Gasteiger partial charge is 0.392 e. The molecule has 138 valence electrons. The van der Waals surface area contributed by atoms with Gasteiger partial charge in [0.05, 0.1) is 18.4 Å². The lowest BCUT2D eigenvalue weighted by atomic mass is 9.73. The van der Waals surface area contributed by atoms with Gasteiger partial charge in [-0.3, -0.25) is 9.67 Å². The lowest BCUT2D eigenvalue weighted by molar-refractivity contribution is 0.00395. The van der Waals surface area contributed by atoms with E-state index >= 15 is 0 Å². The number of halogens is 1. The number of aliphatic hydroxyl groups excluding tert-OH is 2. The van der Waals surface area contributed by atoms with Gasteiger partial charge in [0.25, 0.3) is 0 Å². The molecule has 3 atom stereocenters. The van der Waals surface area contributed by atoms with E-state index in [1.54, 1.807) is 24.1 Å². The predicted octanol–water partition coefficient (Wildman–Crippen LogP) is 1.18. The van der Waals surface area contributed by atoms with Crippen molar-refractivity contribution in [1.29, 1.82) is 0 Å². The lowest BCUT2D eigenvalue weighted by Gasteiger charge is -2.38. The van der Waals surface area contributed by atoms with Crippen LogP contribution in [0.15, 0.2) is 17.4 Å². The standard InChI is InChI=1S/C16H29N5O2.HI/c1-16(7-5-4-6-14(16)23)11-19-15(17-2)18-9-13(22)12-8-20-21(3)10-12;/h8,10,13-14,22-23H,4-7,9,11H2,1-3H3,(H2,17,18,19);1H. The summed E-state index contributed by atoms with van der Waals surface area (Å²) in [5, 5.41) is 30.8. The molecule has 24 heavy (non-hydrogen) atoms. The summed E-state index contributed by atoms with van der Waals surface area (Å²) in [5.74, 6) is 0.631. The predicted molar refractivity (Wildman–Crippen MR) is 106 cm³/mol. The number of nitrogens with zero attached hydrogens (tertiary/aromatic N) is 3. The maximum absolute atomic E-state index is 10.2. The normalized spacial score (nSPS) is 25.7. The minimum atomic E-state index is -0.641. The van der Waals surface area contributed by atoms with Gasteiger partial charge in [-0.1, -0.05) is 19.8 Å². The van der Waals surface area contributed by atoms with Gasteiger partial charge in [-0.2, -0.15) is 5.10 Å². The molecule has 0 aromatic carbocycles. The molecule has 0 saturated heterocycles. The van der Waals surface area contributed by atoms with E-state index in [-0.39, 0.29) is 35.5 Å². The first kappa shape index (κ1) is 21.2. The van der Waals surface area contributed by atoms with Crippen LogP contribution >= 0.6 is 24.0 Å². The zero-order chi connectivity index (χ0) is 16.9. The van der Waals surface area contributed by atoms with Crippen LogP contribution < -0.4 is 10.6 Å². The van der Waals surface area contributed by atoms with Crippen molar-refractivity contribution in [3.63, 3.8) is 0 Å². The van der Waals surface area contributed by atoms with Gasteiger partial charge in [0.15, 0.2) is 5.96 Å². The maximum Gasteiger partial charge on any atom is 0.191 e. The summed E-state index contributed by atoms with van der Waals surface area (Å²) in [6, 6.07) is 0. The van der Waals surface area contributed by atoms with Gasteiger partial charge >= 0.3 is 0 Å². The fourth-order valence-corrected chi connectivity index (χ4v) is 3.02. The van der Waals surface area contributed by atoms with Crippen molar-refractivity contribution < 1.29 is 10.2 Å². The first-order valence-electron chi connectivity index (χ1n) is 8.24. The van der Waals surface area contributed by atoms with E-state index in [1.807, 2.05) is 7.05 Å². The summed E-state index contributed by atoms with van der Waals surface area (Å²) in [7, 11) is 3.52. The molecule has 4 N–H and O–H groups in total.